The fraction of sp³-hybridized carbons (Fsp3) is 0.312. The van der Waals surface area contributed by atoms with Gasteiger partial charge in [-0.15, -0.1) is 11.3 Å². The Balaban J connectivity index is 1.72. The van der Waals surface area contributed by atoms with E-state index >= 15 is 0 Å². The predicted octanol–water partition coefficient (Wildman–Crippen LogP) is 6.02. The molecular formula is C32H35N3O6S. The van der Waals surface area contributed by atoms with E-state index in [9.17, 15) is 14.4 Å². The summed E-state index contributed by atoms with van der Waals surface area (Å²) in [5.41, 5.74) is 4.57. The minimum Gasteiger partial charge on any atom is -0.463 e. The maximum absolute atomic E-state index is 13.1. The topological polar surface area (TPSA) is 116 Å². The molecular weight excluding hydrogens is 554 g/mol. The van der Waals surface area contributed by atoms with Gasteiger partial charge < -0.3 is 24.8 Å². The number of ether oxygens (including phenoxy) is 3. The first-order valence-corrected chi connectivity index (χ1v) is 14.7. The predicted molar refractivity (Wildman–Crippen MR) is 162 cm³/mol. The number of rotatable bonds is 11. The second-order valence-corrected chi connectivity index (χ2v) is 10.6. The van der Waals surface area contributed by atoms with Crippen LogP contribution in [0.1, 0.15) is 67.0 Å². The van der Waals surface area contributed by atoms with E-state index in [0.717, 1.165) is 10.4 Å². The van der Waals surface area contributed by atoms with Gasteiger partial charge in [0.1, 0.15) is 0 Å². The summed E-state index contributed by atoms with van der Waals surface area (Å²) in [4.78, 5) is 44.4. The van der Waals surface area contributed by atoms with E-state index < -0.39 is 23.8 Å². The van der Waals surface area contributed by atoms with Crippen LogP contribution in [0.3, 0.4) is 0 Å². The molecule has 9 nitrogen and oxygen atoms in total. The largest absolute Gasteiger partial charge is 0.463 e. The van der Waals surface area contributed by atoms with E-state index in [1.807, 2.05) is 54.6 Å². The molecule has 1 aromatic heterocycles. The van der Waals surface area contributed by atoms with Crippen molar-refractivity contribution < 1.29 is 28.6 Å². The molecule has 0 bridgehead atoms. The smallest absolute Gasteiger partial charge is 0.358 e. The van der Waals surface area contributed by atoms with Gasteiger partial charge in [-0.05, 0) is 57.9 Å². The third-order valence-electron chi connectivity index (χ3n) is 6.60. The van der Waals surface area contributed by atoms with Crippen molar-refractivity contribution >= 4 is 40.1 Å². The maximum Gasteiger partial charge on any atom is 0.358 e. The number of anilines is 2. The number of hydrogen-bond donors (Lipinski definition) is 2. The molecule has 42 heavy (non-hydrogen) atoms. The van der Waals surface area contributed by atoms with Gasteiger partial charge in [0.15, 0.2) is 10.8 Å². The highest BCUT2D eigenvalue weighted by Gasteiger charge is 2.38. The van der Waals surface area contributed by atoms with Gasteiger partial charge in [-0.1, -0.05) is 42.5 Å². The van der Waals surface area contributed by atoms with E-state index in [0.29, 0.717) is 45.3 Å². The summed E-state index contributed by atoms with van der Waals surface area (Å²) in [5, 5.41) is 6.97. The number of allylic oxidation sites excluding steroid dienone is 2. The first-order valence-electron chi connectivity index (χ1n) is 13.9. The summed E-state index contributed by atoms with van der Waals surface area (Å²) in [6.07, 6.45) is 0.531. The fourth-order valence-electron chi connectivity index (χ4n) is 4.87. The Hall–Kier alpha value is -4.44. The molecule has 1 aliphatic rings. The zero-order chi connectivity index (χ0) is 30.2. The molecule has 0 atom stereocenters. The van der Waals surface area contributed by atoms with Gasteiger partial charge in [-0.2, -0.15) is 0 Å². The highest BCUT2D eigenvalue weighted by Crippen LogP contribution is 2.40. The van der Waals surface area contributed by atoms with Crippen molar-refractivity contribution in [2.24, 2.45) is 0 Å². The monoisotopic (exact) mass is 589 g/mol. The van der Waals surface area contributed by atoms with Gasteiger partial charge in [0.2, 0.25) is 0 Å². The highest BCUT2D eigenvalue weighted by atomic mass is 32.1. The van der Waals surface area contributed by atoms with Crippen LogP contribution in [0, 0.1) is 0 Å². The Morgan fingerprint density at radius 1 is 0.833 bits per heavy atom. The molecule has 10 heteroatoms. The molecule has 4 rings (SSSR count). The standard InChI is InChI=1S/C32H35N3O6S/c1-6-39-29(36)25-19(4)33-20(5)26(30(37)40-7-2)27(25)22-15-12-16-23(18-22)34-32-35-28(31(38)41-8-3)24(42-32)17-21-13-10-9-11-14-21/h9-16,18,27,33H,6-8,17H2,1-5H3,(H,34,35). The summed E-state index contributed by atoms with van der Waals surface area (Å²) in [6.45, 7) is 9.44. The van der Waals surface area contributed by atoms with Gasteiger partial charge in [-0.3, -0.25) is 0 Å². The Kier molecular flexibility index (Phi) is 10.1. The van der Waals surface area contributed by atoms with Crippen molar-refractivity contribution in [3.8, 4) is 0 Å². The third kappa shape index (κ3) is 6.88. The van der Waals surface area contributed by atoms with E-state index in [1.165, 1.54) is 11.3 Å². The molecule has 0 fully saturated rings. The van der Waals surface area contributed by atoms with E-state index in [-0.39, 0.29) is 25.5 Å². The molecule has 0 spiro atoms. The zero-order valence-corrected chi connectivity index (χ0v) is 25.2. The normalized spacial score (nSPS) is 13.5. The van der Waals surface area contributed by atoms with E-state index in [1.54, 1.807) is 34.6 Å². The number of thiazole rings is 1. The molecule has 2 heterocycles. The van der Waals surface area contributed by atoms with Crippen molar-refractivity contribution in [1.29, 1.82) is 0 Å². The number of nitrogens with one attached hydrogen (secondary N) is 2. The van der Waals surface area contributed by atoms with Crippen LogP contribution in [0.25, 0.3) is 0 Å². The second kappa shape index (κ2) is 14.0. The van der Waals surface area contributed by atoms with Gasteiger partial charge in [-0.25, -0.2) is 19.4 Å². The molecule has 0 saturated heterocycles. The first kappa shape index (κ1) is 30.5. The highest BCUT2D eigenvalue weighted by molar-refractivity contribution is 7.16. The van der Waals surface area contributed by atoms with E-state index in [4.69, 9.17) is 14.2 Å². The average Bonchev–Trinajstić information content (AvgIpc) is 3.35. The van der Waals surface area contributed by atoms with Crippen molar-refractivity contribution in [2.45, 2.75) is 47.0 Å². The Labute approximate surface area is 249 Å². The molecule has 1 aliphatic heterocycles. The lowest BCUT2D eigenvalue weighted by Crippen LogP contribution is -2.32. The fourth-order valence-corrected chi connectivity index (χ4v) is 5.87. The summed E-state index contributed by atoms with van der Waals surface area (Å²) in [5.74, 6) is -2.21. The lowest BCUT2D eigenvalue weighted by molar-refractivity contribution is -0.139. The SMILES string of the molecule is CCOC(=O)C1=C(C)NC(C)=C(C(=O)OCC)C1c1cccc(Nc2nc(C(=O)OCC)c(Cc3ccccc3)s2)c1. The molecule has 0 aliphatic carbocycles. The molecule has 3 aromatic rings. The number of dihydropyridines is 1. The van der Waals surface area contributed by atoms with Gasteiger partial charge >= 0.3 is 17.9 Å². The maximum atomic E-state index is 13.1. The van der Waals surface area contributed by atoms with Crippen molar-refractivity contribution in [2.75, 3.05) is 25.1 Å². The molecule has 2 aromatic carbocycles. The number of esters is 3. The number of nitrogens with zero attached hydrogens (tertiary/aromatic N) is 1. The van der Waals surface area contributed by atoms with Crippen molar-refractivity contribution in [3.63, 3.8) is 0 Å². The number of carbonyl (C=O) groups is 3. The minimum absolute atomic E-state index is 0.194. The van der Waals surface area contributed by atoms with Crippen LogP contribution in [-0.2, 0) is 30.2 Å². The molecule has 0 amide bonds. The van der Waals surface area contributed by atoms with Crippen molar-refractivity contribution in [3.05, 3.63) is 98.8 Å². The molecule has 0 unspecified atom stereocenters. The summed E-state index contributed by atoms with van der Waals surface area (Å²) in [6, 6.07) is 17.2. The molecule has 0 saturated carbocycles. The second-order valence-electron chi connectivity index (χ2n) is 9.50. The summed E-state index contributed by atoms with van der Waals surface area (Å²) >= 11 is 1.37. The Bertz CT molecular complexity index is 1490. The quantitative estimate of drug-likeness (QED) is 0.205. The minimum atomic E-state index is -0.717. The van der Waals surface area contributed by atoms with Crippen LogP contribution in [0.4, 0.5) is 10.8 Å². The molecule has 220 valence electrons. The van der Waals surface area contributed by atoms with Gasteiger partial charge in [0.05, 0.1) is 36.9 Å². The van der Waals surface area contributed by atoms with Gasteiger partial charge in [0, 0.05) is 28.4 Å². The number of aromatic nitrogens is 1. The summed E-state index contributed by atoms with van der Waals surface area (Å²) < 4.78 is 16.0. The number of benzene rings is 2. The van der Waals surface area contributed by atoms with Crippen LogP contribution in [-0.4, -0.2) is 42.7 Å². The Morgan fingerprint density at radius 3 is 2.02 bits per heavy atom. The molecule has 2 N–H and O–H groups in total. The number of hydrogen-bond acceptors (Lipinski definition) is 10. The lowest BCUT2D eigenvalue weighted by Gasteiger charge is -2.30. The van der Waals surface area contributed by atoms with Crippen LogP contribution >= 0.6 is 11.3 Å². The third-order valence-corrected chi connectivity index (χ3v) is 7.57. The number of carbonyl (C=O) groups excluding carboxylic acids is 3. The van der Waals surface area contributed by atoms with Crippen LogP contribution in [0.2, 0.25) is 0 Å². The average molecular weight is 590 g/mol. The Morgan fingerprint density at radius 2 is 1.43 bits per heavy atom. The van der Waals surface area contributed by atoms with Crippen LogP contribution in [0.5, 0.6) is 0 Å². The van der Waals surface area contributed by atoms with Crippen LogP contribution < -0.4 is 10.6 Å². The lowest BCUT2D eigenvalue weighted by atomic mass is 9.80. The first-order chi connectivity index (χ1) is 20.3. The van der Waals surface area contributed by atoms with Crippen molar-refractivity contribution in [1.82, 2.24) is 10.3 Å². The van der Waals surface area contributed by atoms with Crippen LogP contribution in [0.15, 0.2) is 77.1 Å². The zero-order valence-electron chi connectivity index (χ0n) is 24.4. The molecule has 0 radical (unpaired) electrons. The summed E-state index contributed by atoms with van der Waals surface area (Å²) in [7, 11) is 0. The van der Waals surface area contributed by atoms with Gasteiger partial charge in [0.25, 0.3) is 0 Å². The van der Waals surface area contributed by atoms with E-state index in [2.05, 4.69) is 15.6 Å².